The number of para-hydroxylation sites is 1. The van der Waals surface area contributed by atoms with E-state index in [4.69, 9.17) is 0 Å². The largest absolute Gasteiger partial charge is 0.573 e. The van der Waals surface area contributed by atoms with Gasteiger partial charge in [0.25, 0.3) is 0 Å². The minimum absolute atomic E-state index is 0.0968. The summed E-state index contributed by atoms with van der Waals surface area (Å²) in [6, 6.07) is 7.68. The first-order valence-corrected chi connectivity index (χ1v) is 7.86. The van der Waals surface area contributed by atoms with E-state index in [1.165, 1.54) is 28.0 Å². The van der Waals surface area contributed by atoms with Crippen LogP contribution in [0, 0.1) is 0 Å². The summed E-state index contributed by atoms with van der Waals surface area (Å²) in [6.45, 7) is 0. The maximum Gasteiger partial charge on any atom is 0.573 e. The molecule has 3 heterocycles. The number of hydrogen-bond acceptors (Lipinski definition) is 6. The fourth-order valence-electron chi connectivity index (χ4n) is 2.30. The van der Waals surface area contributed by atoms with Crippen LogP contribution in [-0.2, 0) is 6.42 Å². The first kappa shape index (κ1) is 15.6. The molecule has 7 nitrogen and oxygen atoms in total. The van der Waals surface area contributed by atoms with Crippen molar-refractivity contribution in [3.63, 3.8) is 0 Å². The van der Waals surface area contributed by atoms with Gasteiger partial charge in [0.15, 0.2) is 10.8 Å². The van der Waals surface area contributed by atoms with E-state index in [9.17, 15) is 13.2 Å². The van der Waals surface area contributed by atoms with Crippen molar-refractivity contribution in [1.82, 2.24) is 30.0 Å². The van der Waals surface area contributed by atoms with Crippen molar-refractivity contribution in [3.05, 3.63) is 47.9 Å². The van der Waals surface area contributed by atoms with Crippen LogP contribution in [0.15, 0.2) is 36.5 Å². The first-order valence-electron chi connectivity index (χ1n) is 7.04. The first-order chi connectivity index (χ1) is 12.0. The van der Waals surface area contributed by atoms with Crippen LogP contribution in [0.25, 0.3) is 15.7 Å². The molecule has 25 heavy (non-hydrogen) atoms. The minimum Gasteiger partial charge on any atom is -0.405 e. The van der Waals surface area contributed by atoms with Crippen LogP contribution >= 0.6 is 11.3 Å². The summed E-state index contributed by atoms with van der Waals surface area (Å²) in [5.41, 5.74) is 1.06. The van der Waals surface area contributed by atoms with E-state index >= 15 is 0 Å². The van der Waals surface area contributed by atoms with Gasteiger partial charge in [0.2, 0.25) is 4.96 Å². The summed E-state index contributed by atoms with van der Waals surface area (Å²) in [7, 11) is 0. The van der Waals surface area contributed by atoms with E-state index < -0.39 is 6.36 Å². The van der Waals surface area contributed by atoms with Gasteiger partial charge in [-0.2, -0.15) is 14.7 Å². The molecule has 3 aromatic heterocycles. The Morgan fingerprint density at radius 3 is 2.76 bits per heavy atom. The molecule has 0 aliphatic heterocycles. The third-order valence-electron chi connectivity index (χ3n) is 3.33. The fourth-order valence-corrected chi connectivity index (χ4v) is 3.13. The molecule has 0 aliphatic rings. The lowest BCUT2D eigenvalue weighted by molar-refractivity contribution is -0.274. The molecule has 0 unspecified atom stereocenters. The topological polar surface area (TPSA) is 81.0 Å². The molecular formula is C14H9F3N6OS. The van der Waals surface area contributed by atoms with E-state index in [-0.39, 0.29) is 12.2 Å². The van der Waals surface area contributed by atoms with Gasteiger partial charge in [-0.1, -0.05) is 29.5 Å². The number of benzene rings is 1. The van der Waals surface area contributed by atoms with Gasteiger partial charge in [0.05, 0.1) is 5.69 Å². The summed E-state index contributed by atoms with van der Waals surface area (Å²) in [5.74, 6) is 0.144. The van der Waals surface area contributed by atoms with Crippen molar-refractivity contribution in [2.75, 3.05) is 0 Å². The summed E-state index contributed by atoms with van der Waals surface area (Å²) in [4.78, 5) is 0.536. The van der Waals surface area contributed by atoms with Gasteiger partial charge in [-0.3, -0.25) is 5.10 Å². The molecule has 0 fully saturated rings. The smallest absolute Gasteiger partial charge is 0.405 e. The Bertz CT molecular complexity index is 1010. The molecule has 4 aromatic rings. The van der Waals surface area contributed by atoms with Gasteiger partial charge in [0.1, 0.15) is 5.75 Å². The summed E-state index contributed by atoms with van der Waals surface area (Å²) >= 11 is 1.30. The van der Waals surface area contributed by atoms with E-state index in [1.807, 2.05) is 0 Å². The highest BCUT2D eigenvalue weighted by Crippen LogP contribution is 2.29. The zero-order chi connectivity index (χ0) is 17.4. The lowest BCUT2D eigenvalue weighted by atomic mass is 10.1. The summed E-state index contributed by atoms with van der Waals surface area (Å²) in [5, 5.41) is 19.7. The van der Waals surface area contributed by atoms with Crippen LogP contribution in [0.1, 0.15) is 11.4 Å². The Morgan fingerprint density at radius 2 is 2.00 bits per heavy atom. The molecule has 0 bridgehead atoms. The van der Waals surface area contributed by atoms with E-state index in [0.29, 0.717) is 21.4 Å². The molecule has 0 saturated carbocycles. The summed E-state index contributed by atoms with van der Waals surface area (Å²) in [6.07, 6.45) is -3.06. The lowest BCUT2D eigenvalue weighted by Gasteiger charge is -2.12. The molecular weight excluding hydrogens is 357 g/mol. The van der Waals surface area contributed by atoms with E-state index in [0.717, 1.165) is 5.69 Å². The molecule has 0 radical (unpaired) electrons. The standard InChI is InChI=1S/C14H9F3N6OS/c15-14(16,17)24-10-4-2-1-3-8(10)7-11-20-21-13-23(11)22-12(25-13)9-5-6-18-19-9/h1-6H,7H2,(H,18,19). The summed E-state index contributed by atoms with van der Waals surface area (Å²) < 4.78 is 43.2. The number of H-pyrrole nitrogens is 1. The third-order valence-corrected chi connectivity index (χ3v) is 4.27. The van der Waals surface area contributed by atoms with Gasteiger partial charge in [0, 0.05) is 18.2 Å². The molecule has 1 N–H and O–H groups in total. The zero-order valence-electron chi connectivity index (χ0n) is 12.4. The Labute approximate surface area is 142 Å². The van der Waals surface area contributed by atoms with Gasteiger partial charge in [-0.25, -0.2) is 0 Å². The number of aromatic amines is 1. The average Bonchev–Trinajstić information content (AvgIpc) is 3.25. The van der Waals surface area contributed by atoms with E-state index in [1.54, 1.807) is 24.4 Å². The Balaban J connectivity index is 1.68. The number of fused-ring (bicyclic) bond motifs is 1. The SMILES string of the molecule is FC(F)(F)Oc1ccccc1Cc1nnc2sc(-c3ccn[nH]3)nn12. The molecule has 0 atom stereocenters. The third kappa shape index (κ3) is 3.18. The van der Waals surface area contributed by atoms with Gasteiger partial charge < -0.3 is 4.74 Å². The second-order valence-corrected chi connectivity index (χ2v) is 5.98. The van der Waals surface area contributed by atoms with E-state index in [2.05, 4.69) is 30.2 Å². The van der Waals surface area contributed by atoms with Gasteiger partial charge in [-0.15, -0.1) is 23.4 Å². The maximum absolute atomic E-state index is 12.5. The predicted molar refractivity (Wildman–Crippen MR) is 82.2 cm³/mol. The highest BCUT2D eigenvalue weighted by molar-refractivity contribution is 7.19. The van der Waals surface area contributed by atoms with Crippen molar-refractivity contribution in [2.24, 2.45) is 0 Å². The number of alkyl halides is 3. The number of rotatable bonds is 4. The zero-order valence-corrected chi connectivity index (χ0v) is 13.2. The molecule has 0 spiro atoms. The van der Waals surface area contributed by atoms with Crippen LogP contribution in [0.4, 0.5) is 13.2 Å². The Kier molecular flexibility index (Phi) is 3.64. The second-order valence-electron chi connectivity index (χ2n) is 5.02. The fraction of sp³-hybridized carbons (Fsp3) is 0.143. The monoisotopic (exact) mass is 366 g/mol. The molecule has 0 aliphatic carbocycles. The van der Waals surface area contributed by atoms with Crippen molar-refractivity contribution in [2.45, 2.75) is 12.8 Å². The Hall–Kier alpha value is -2.95. The molecule has 11 heteroatoms. The molecule has 4 rings (SSSR count). The van der Waals surface area contributed by atoms with Crippen molar-refractivity contribution >= 4 is 16.3 Å². The number of nitrogens with zero attached hydrogens (tertiary/aromatic N) is 5. The normalized spacial score (nSPS) is 12.0. The number of halogens is 3. The van der Waals surface area contributed by atoms with Crippen molar-refractivity contribution in [1.29, 1.82) is 0 Å². The van der Waals surface area contributed by atoms with Gasteiger partial charge in [-0.05, 0) is 12.1 Å². The van der Waals surface area contributed by atoms with Crippen LogP contribution < -0.4 is 4.74 Å². The van der Waals surface area contributed by atoms with Crippen molar-refractivity contribution < 1.29 is 17.9 Å². The van der Waals surface area contributed by atoms with Crippen LogP contribution in [0.2, 0.25) is 0 Å². The highest BCUT2D eigenvalue weighted by atomic mass is 32.1. The highest BCUT2D eigenvalue weighted by Gasteiger charge is 2.32. The predicted octanol–water partition coefficient (Wildman–Crippen LogP) is 3.07. The van der Waals surface area contributed by atoms with Crippen LogP contribution in [-0.4, -0.2) is 36.4 Å². The lowest BCUT2D eigenvalue weighted by Crippen LogP contribution is -2.18. The average molecular weight is 366 g/mol. The number of ether oxygens (including phenoxy) is 1. The van der Waals surface area contributed by atoms with Crippen molar-refractivity contribution in [3.8, 4) is 16.5 Å². The maximum atomic E-state index is 12.5. The number of hydrogen-bond donors (Lipinski definition) is 1. The Morgan fingerprint density at radius 1 is 1.16 bits per heavy atom. The molecule has 128 valence electrons. The quantitative estimate of drug-likeness (QED) is 0.600. The molecule has 0 saturated heterocycles. The van der Waals surface area contributed by atoms with Crippen LogP contribution in [0.3, 0.4) is 0 Å². The second kappa shape index (κ2) is 5.84. The molecule has 0 amide bonds. The van der Waals surface area contributed by atoms with Crippen LogP contribution in [0.5, 0.6) is 5.75 Å². The number of nitrogens with one attached hydrogen (secondary N) is 1. The molecule has 1 aromatic carbocycles. The van der Waals surface area contributed by atoms with Gasteiger partial charge >= 0.3 is 6.36 Å². The number of aromatic nitrogens is 6. The minimum atomic E-state index is -4.76.